The Morgan fingerprint density at radius 3 is 3.10 bits per heavy atom. The van der Waals surface area contributed by atoms with E-state index in [2.05, 4.69) is 17.3 Å². The molecule has 1 aliphatic rings. The van der Waals surface area contributed by atoms with Gasteiger partial charge < -0.3 is 15.0 Å². The normalized spacial score (nSPS) is 28.8. The highest BCUT2D eigenvalue weighted by Crippen LogP contribution is 1.95. The van der Waals surface area contributed by atoms with E-state index in [1.54, 1.807) is 7.11 Å². The quantitative estimate of drug-likeness (QED) is 0.567. The summed E-state index contributed by atoms with van der Waals surface area (Å²) in [5.74, 6) is 0. The number of rotatable bonds is 2. The second-order valence-electron chi connectivity index (χ2n) is 2.87. The van der Waals surface area contributed by atoms with Gasteiger partial charge >= 0.3 is 0 Å². The topological polar surface area (TPSA) is 24.5 Å². The van der Waals surface area contributed by atoms with Crippen LogP contribution in [0, 0.1) is 0 Å². The van der Waals surface area contributed by atoms with Crippen LogP contribution in [0.4, 0.5) is 0 Å². The Bertz CT molecular complexity index is 95.6. The minimum absolute atomic E-state index is 0.531. The van der Waals surface area contributed by atoms with E-state index in [-0.39, 0.29) is 0 Å². The number of likely N-dealkylation sites (N-methyl/N-ethyl adjacent to an activating group) is 1. The highest BCUT2D eigenvalue weighted by molar-refractivity contribution is 4.75. The molecule has 10 heavy (non-hydrogen) atoms. The monoisotopic (exact) mass is 144 g/mol. The van der Waals surface area contributed by atoms with Crippen LogP contribution < -0.4 is 5.32 Å². The lowest BCUT2D eigenvalue weighted by atomic mass is 10.2. The lowest BCUT2D eigenvalue weighted by Gasteiger charge is -2.30. The first kappa shape index (κ1) is 7.98. The SMILES string of the molecule is COC[C@H]1CN(C)CCN1. The number of nitrogens with one attached hydrogen (secondary N) is 1. The first-order valence-corrected chi connectivity index (χ1v) is 3.74. The average molecular weight is 144 g/mol. The molecule has 0 aromatic heterocycles. The molecule has 1 atom stereocenters. The molecule has 3 heteroatoms. The third-order valence-electron chi connectivity index (χ3n) is 1.83. The molecule has 0 amide bonds. The maximum atomic E-state index is 5.04. The van der Waals surface area contributed by atoms with Crippen molar-refractivity contribution in [2.45, 2.75) is 6.04 Å². The van der Waals surface area contributed by atoms with Crippen LogP contribution >= 0.6 is 0 Å². The Morgan fingerprint density at radius 1 is 1.70 bits per heavy atom. The fourth-order valence-electron chi connectivity index (χ4n) is 1.30. The van der Waals surface area contributed by atoms with Crippen LogP contribution in [0.2, 0.25) is 0 Å². The summed E-state index contributed by atoms with van der Waals surface area (Å²) in [6, 6.07) is 0.531. The number of ether oxygens (including phenoxy) is 1. The van der Waals surface area contributed by atoms with E-state index in [1.807, 2.05) is 0 Å². The molecule has 1 saturated heterocycles. The fraction of sp³-hybridized carbons (Fsp3) is 1.00. The third-order valence-corrected chi connectivity index (χ3v) is 1.83. The summed E-state index contributed by atoms with van der Waals surface area (Å²) in [4.78, 5) is 2.32. The van der Waals surface area contributed by atoms with Gasteiger partial charge in [0.2, 0.25) is 0 Å². The molecular formula is C7H16N2O. The Balaban J connectivity index is 2.18. The molecule has 1 aliphatic heterocycles. The molecular weight excluding hydrogens is 128 g/mol. The minimum atomic E-state index is 0.531. The summed E-state index contributed by atoms with van der Waals surface area (Å²) in [7, 11) is 3.89. The van der Waals surface area contributed by atoms with Gasteiger partial charge in [-0.2, -0.15) is 0 Å². The largest absolute Gasteiger partial charge is 0.383 e. The van der Waals surface area contributed by atoms with Gasteiger partial charge in [0, 0.05) is 32.8 Å². The molecule has 0 aromatic rings. The standard InChI is InChI=1S/C7H16N2O/c1-9-4-3-8-7(5-9)6-10-2/h7-8H,3-6H2,1-2H3/t7-/m1/s1. The molecule has 0 spiro atoms. The van der Waals surface area contributed by atoms with Crippen LogP contribution in [0.25, 0.3) is 0 Å². The first-order chi connectivity index (χ1) is 4.83. The van der Waals surface area contributed by atoms with E-state index in [0.29, 0.717) is 6.04 Å². The summed E-state index contributed by atoms with van der Waals surface area (Å²) in [5, 5.41) is 3.38. The van der Waals surface area contributed by atoms with Crippen molar-refractivity contribution in [3.05, 3.63) is 0 Å². The van der Waals surface area contributed by atoms with Crippen molar-refractivity contribution in [3.8, 4) is 0 Å². The summed E-state index contributed by atoms with van der Waals surface area (Å²) >= 11 is 0. The van der Waals surface area contributed by atoms with Crippen molar-refractivity contribution in [2.24, 2.45) is 0 Å². The van der Waals surface area contributed by atoms with E-state index in [9.17, 15) is 0 Å². The molecule has 1 rings (SSSR count). The highest BCUT2D eigenvalue weighted by atomic mass is 16.5. The van der Waals surface area contributed by atoms with Gasteiger partial charge in [-0.3, -0.25) is 0 Å². The van der Waals surface area contributed by atoms with E-state index < -0.39 is 0 Å². The van der Waals surface area contributed by atoms with Gasteiger partial charge in [-0.15, -0.1) is 0 Å². The van der Waals surface area contributed by atoms with Gasteiger partial charge in [0.05, 0.1) is 6.61 Å². The van der Waals surface area contributed by atoms with Crippen LogP contribution in [-0.2, 0) is 4.74 Å². The predicted molar refractivity (Wildman–Crippen MR) is 41.2 cm³/mol. The number of hydrogen-bond donors (Lipinski definition) is 1. The smallest absolute Gasteiger partial charge is 0.0628 e. The van der Waals surface area contributed by atoms with E-state index in [4.69, 9.17) is 4.74 Å². The Morgan fingerprint density at radius 2 is 2.50 bits per heavy atom. The van der Waals surface area contributed by atoms with Gasteiger partial charge in [0.15, 0.2) is 0 Å². The van der Waals surface area contributed by atoms with Gasteiger partial charge in [-0.05, 0) is 7.05 Å². The van der Waals surface area contributed by atoms with Crippen LogP contribution in [0.5, 0.6) is 0 Å². The summed E-state index contributed by atoms with van der Waals surface area (Å²) in [5.41, 5.74) is 0. The maximum Gasteiger partial charge on any atom is 0.0628 e. The average Bonchev–Trinajstić information content (AvgIpc) is 1.88. The summed E-state index contributed by atoms with van der Waals surface area (Å²) < 4.78 is 5.04. The molecule has 1 N–H and O–H groups in total. The number of piperazine rings is 1. The van der Waals surface area contributed by atoms with Crippen molar-refractivity contribution >= 4 is 0 Å². The van der Waals surface area contributed by atoms with E-state index >= 15 is 0 Å². The molecule has 60 valence electrons. The minimum Gasteiger partial charge on any atom is -0.383 e. The Labute approximate surface area is 62.3 Å². The first-order valence-electron chi connectivity index (χ1n) is 3.74. The maximum absolute atomic E-state index is 5.04. The van der Waals surface area contributed by atoms with Crippen molar-refractivity contribution in [1.29, 1.82) is 0 Å². The van der Waals surface area contributed by atoms with Crippen molar-refractivity contribution in [2.75, 3.05) is 40.4 Å². The van der Waals surface area contributed by atoms with Crippen LogP contribution in [0.15, 0.2) is 0 Å². The predicted octanol–water partition coefficient (Wildman–Crippen LogP) is -0.464. The van der Waals surface area contributed by atoms with Crippen molar-refractivity contribution in [3.63, 3.8) is 0 Å². The van der Waals surface area contributed by atoms with Crippen molar-refractivity contribution < 1.29 is 4.74 Å². The summed E-state index contributed by atoms with van der Waals surface area (Å²) in [6.45, 7) is 4.17. The van der Waals surface area contributed by atoms with Crippen LogP contribution in [0.3, 0.4) is 0 Å². The number of methoxy groups -OCH3 is 1. The molecule has 0 bridgehead atoms. The van der Waals surface area contributed by atoms with Gasteiger partial charge in [-0.25, -0.2) is 0 Å². The van der Waals surface area contributed by atoms with Gasteiger partial charge in [0.25, 0.3) is 0 Å². The Kier molecular flexibility index (Phi) is 3.12. The van der Waals surface area contributed by atoms with Gasteiger partial charge in [0.1, 0.15) is 0 Å². The molecule has 0 radical (unpaired) electrons. The number of hydrogen-bond acceptors (Lipinski definition) is 3. The van der Waals surface area contributed by atoms with E-state index in [1.165, 1.54) is 0 Å². The zero-order valence-corrected chi connectivity index (χ0v) is 6.76. The molecule has 0 saturated carbocycles. The third kappa shape index (κ3) is 2.25. The fourth-order valence-corrected chi connectivity index (χ4v) is 1.30. The zero-order chi connectivity index (χ0) is 7.40. The van der Waals surface area contributed by atoms with Crippen LogP contribution in [-0.4, -0.2) is 51.3 Å². The molecule has 3 nitrogen and oxygen atoms in total. The lowest BCUT2D eigenvalue weighted by molar-refractivity contribution is 0.127. The van der Waals surface area contributed by atoms with E-state index in [0.717, 1.165) is 26.2 Å². The second kappa shape index (κ2) is 3.91. The molecule has 0 aromatic carbocycles. The molecule has 0 unspecified atom stereocenters. The second-order valence-corrected chi connectivity index (χ2v) is 2.87. The lowest BCUT2D eigenvalue weighted by Crippen LogP contribution is -2.50. The van der Waals surface area contributed by atoms with Crippen LogP contribution in [0.1, 0.15) is 0 Å². The molecule has 1 fully saturated rings. The Hall–Kier alpha value is -0.120. The molecule has 0 aliphatic carbocycles. The highest BCUT2D eigenvalue weighted by Gasteiger charge is 2.14. The molecule has 1 heterocycles. The summed E-state index contributed by atoms with van der Waals surface area (Å²) in [6.07, 6.45) is 0. The zero-order valence-electron chi connectivity index (χ0n) is 6.76. The van der Waals surface area contributed by atoms with Crippen molar-refractivity contribution in [1.82, 2.24) is 10.2 Å². The number of nitrogens with zero attached hydrogens (tertiary/aromatic N) is 1. The van der Waals surface area contributed by atoms with Gasteiger partial charge in [-0.1, -0.05) is 0 Å².